The van der Waals surface area contributed by atoms with Crippen LogP contribution in [0.1, 0.15) is 0 Å². The topological polar surface area (TPSA) is 47.3 Å². The summed E-state index contributed by atoms with van der Waals surface area (Å²) < 4.78 is 7.43. The first-order valence-electron chi connectivity index (χ1n) is 5.26. The Labute approximate surface area is 128 Å². The van der Waals surface area contributed by atoms with Crippen molar-refractivity contribution in [3.8, 4) is 5.75 Å². The number of anilines is 3. The zero-order chi connectivity index (χ0) is 13.1. The van der Waals surface area contributed by atoms with E-state index in [9.17, 15) is 0 Å². The van der Waals surface area contributed by atoms with Crippen LogP contribution in [0.3, 0.4) is 0 Å². The van der Waals surface area contributed by atoms with Crippen LogP contribution in [0.2, 0.25) is 0 Å². The van der Waals surface area contributed by atoms with E-state index >= 15 is 0 Å². The van der Waals surface area contributed by atoms with Gasteiger partial charge in [-0.1, -0.05) is 0 Å². The van der Waals surface area contributed by atoms with Gasteiger partial charge in [0.25, 0.3) is 0 Å². The molecule has 2 aromatic carbocycles. The van der Waals surface area contributed by atoms with E-state index in [0.29, 0.717) is 11.4 Å². The van der Waals surface area contributed by atoms with Crippen LogP contribution in [0.4, 0.5) is 17.1 Å². The van der Waals surface area contributed by atoms with Gasteiger partial charge in [-0.2, -0.15) is 0 Å². The Morgan fingerprint density at radius 1 is 1.17 bits per heavy atom. The fourth-order valence-electron chi connectivity index (χ4n) is 1.53. The van der Waals surface area contributed by atoms with E-state index in [1.54, 1.807) is 7.11 Å². The Balaban J connectivity index is 2.25. The lowest BCUT2D eigenvalue weighted by Gasteiger charge is -2.10. The average Bonchev–Trinajstić information content (AvgIpc) is 2.36. The number of hydrogen-bond donors (Lipinski definition) is 2. The lowest BCUT2D eigenvalue weighted by atomic mass is 10.2. The molecule has 0 saturated heterocycles. The zero-order valence-corrected chi connectivity index (χ0v) is 13.4. The van der Waals surface area contributed by atoms with E-state index in [4.69, 9.17) is 10.5 Å². The molecule has 5 heteroatoms. The number of methoxy groups -OCH3 is 1. The molecular weight excluding hydrogens is 407 g/mol. The number of hydrogen-bond acceptors (Lipinski definition) is 3. The molecule has 94 valence electrons. The van der Waals surface area contributed by atoms with Crippen LogP contribution < -0.4 is 15.8 Å². The summed E-state index contributed by atoms with van der Waals surface area (Å²) >= 11 is 5.76. The van der Waals surface area contributed by atoms with Crippen LogP contribution in [-0.2, 0) is 0 Å². The monoisotopic (exact) mass is 418 g/mol. The molecule has 0 fully saturated rings. The molecule has 0 aliphatic carbocycles. The smallest absolute Gasteiger partial charge is 0.143 e. The van der Waals surface area contributed by atoms with Crippen LogP contribution in [0.25, 0.3) is 0 Å². The van der Waals surface area contributed by atoms with E-state index in [2.05, 4.69) is 49.9 Å². The summed E-state index contributed by atoms with van der Waals surface area (Å²) in [6, 6.07) is 11.7. The minimum Gasteiger partial charge on any atom is -0.495 e. The molecule has 3 nitrogen and oxygen atoms in total. The number of nitrogens with two attached hydrogens (primary N) is 1. The molecule has 0 aliphatic rings. The summed E-state index contributed by atoms with van der Waals surface area (Å²) in [6.07, 6.45) is 0. The molecule has 0 spiro atoms. The highest BCUT2D eigenvalue weighted by Gasteiger charge is 2.03. The third-order valence-corrected chi connectivity index (χ3v) is 4.77. The van der Waals surface area contributed by atoms with Crippen molar-refractivity contribution in [2.75, 3.05) is 18.2 Å². The SMILES string of the molecule is COc1cc(Nc2ccc(Br)c(I)c2)ccc1N. The van der Waals surface area contributed by atoms with Gasteiger partial charge in [-0.3, -0.25) is 0 Å². The molecule has 0 heterocycles. The number of rotatable bonds is 3. The van der Waals surface area contributed by atoms with Gasteiger partial charge < -0.3 is 15.8 Å². The van der Waals surface area contributed by atoms with Crippen molar-refractivity contribution in [1.29, 1.82) is 0 Å². The van der Waals surface area contributed by atoms with E-state index in [1.165, 1.54) is 0 Å². The summed E-state index contributed by atoms with van der Waals surface area (Å²) in [6.45, 7) is 0. The molecule has 0 aliphatic heterocycles. The van der Waals surface area contributed by atoms with Crippen molar-refractivity contribution >= 4 is 55.6 Å². The molecule has 0 atom stereocenters. The van der Waals surface area contributed by atoms with Crippen molar-refractivity contribution in [2.24, 2.45) is 0 Å². The largest absolute Gasteiger partial charge is 0.495 e. The van der Waals surface area contributed by atoms with E-state index in [0.717, 1.165) is 19.4 Å². The van der Waals surface area contributed by atoms with Crippen LogP contribution in [0.15, 0.2) is 40.9 Å². The van der Waals surface area contributed by atoms with Gasteiger partial charge in [-0.15, -0.1) is 0 Å². The van der Waals surface area contributed by atoms with Gasteiger partial charge in [-0.05, 0) is 68.9 Å². The fraction of sp³-hybridized carbons (Fsp3) is 0.0769. The maximum Gasteiger partial charge on any atom is 0.143 e. The first-order chi connectivity index (χ1) is 8.60. The van der Waals surface area contributed by atoms with Gasteiger partial charge in [0, 0.05) is 25.5 Å². The molecule has 0 unspecified atom stereocenters. The summed E-state index contributed by atoms with van der Waals surface area (Å²) in [5.41, 5.74) is 8.38. The first-order valence-corrected chi connectivity index (χ1v) is 7.13. The molecule has 0 aromatic heterocycles. The van der Waals surface area contributed by atoms with E-state index in [1.807, 2.05) is 30.3 Å². The van der Waals surface area contributed by atoms with Gasteiger partial charge in [-0.25, -0.2) is 0 Å². The quantitative estimate of drug-likeness (QED) is 0.574. The molecule has 0 bridgehead atoms. The lowest BCUT2D eigenvalue weighted by molar-refractivity contribution is 0.417. The Morgan fingerprint density at radius 2 is 1.83 bits per heavy atom. The van der Waals surface area contributed by atoms with Gasteiger partial charge in [0.15, 0.2) is 0 Å². The Morgan fingerprint density at radius 3 is 2.50 bits per heavy atom. The van der Waals surface area contributed by atoms with Gasteiger partial charge >= 0.3 is 0 Å². The summed E-state index contributed by atoms with van der Waals surface area (Å²) in [7, 11) is 1.61. The number of benzene rings is 2. The van der Waals surface area contributed by atoms with Crippen molar-refractivity contribution in [3.05, 3.63) is 44.4 Å². The number of halogens is 2. The number of nitrogen functional groups attached to an aromatic ring is 1. The highest BCUT2D eigenvalue weighted by Crippen LogP contribution is 2.29. The maximum absolute atomic E-state index is 5.78. The minimum absolute atomic E-state index is 0.633. The molecule has 2 rings (SSSR count). The Bertz CT molecular complexity index is 575. The van der Waals surface area contributed by atoms with Crippen molar-refractivity contribution in [3.63, 3.8) is 0 Å². The molecule has 0 radical (unpaired) electrons. The van der Waals surface area contributed by atoms with Crippen LogP contribution in [0.5, 0.6) is 5.75 Å². The van der Waals surface area contributed by atoms with Gasteiger partial charge in [0.2, 0.25) is 0 Å². The normalized spacial score (nSPS) is 10.2. The van der Waals surface area contributed by atoms with Crippen LogP contribution in [0, 0.1) is 3.57 Å². The standard InChI is InChI=1S/C13H12BrIN2O/c1-18-13-7-9(3-5-12(13)16)17-8-2-4-10(14)11(15)6-8/h2-7,17H,16H2,1H3. The maximum atomic E-state index is 5.78. The molecule has 2 aromatic rings. The highest BCUT2D eigenvalue weighted by atomic mass is 127. The second-order valence-electron chi connectivity index (χ2n) is 3.71. The van der Waals surface area contributed by atoms with E-state index in [-0.39, 0.29) is 0 Å². The van der Waals surface area contributed by atoms with Crippen molar-refractivity contribution in [1.82, 2.24) is 0 Å². The Kier molecular flexibility index (Phi) is 4.34. The zero-order valence-electron chi connectivity index (χ0n) is 9.71. The predicted molar refractivity (Wildman–Crippen MR) is 87.5 cm³/mol. The van der Waals surface area contributed by atoms with Gasteiger partial charge in [0.1, 0.15) is 5.75 Å². The molecule has 0 saturated carbocycles. The average molecular weight is 419 g/mol. The lowest BCUT2D eigenvalue weighted by Crippen LogP contribution is -1.95. The second kappa shape index (κ2) is 5.79. The summed E-state index contributed by atoms with van der Waals surface area (Å²) in [5.74, 6) is 0.673. The highest BCUT2D eigenvalue weighted by molar-refractivity contribution is 14.1. The van der Waals surface area contributed by atoms with E-state index < -0.39 is 0 Å². The molecule has 3 N–H and O–H groups in total. The molecule has 18 heavy (non-hydrogen) atoms. The van der Waals surface area contributed by atoms with Crippen molar-refractivity contribution < 1.29 is 4.74 Å². The predicted octanol–water partition coefficient (Wildman–Crippen LogP) is 4.39. The van der Waals surface area contributed by atoms with Crippen LogP contribution in [-0.4, -0.2) is 7.11 Å². The number of nitrogens with one attached hydrogen (secondary N) is 1. The van der Waals surface area contributed by atoms with Gasteiger partial charge in [0.05, 0.1) is 12.8 Å². The summed E-state index contributed by atoms with van der Waals surface area (Å²) in [5, 5.41) is 3.31. The second-order valence-corrected chi connectivity index (χ2v) is 5.73. The Hall–Kier alpha value is -0.950. The summed E-state index contributed by atoms with van der Waals surface area (Å²) in [4.78, 5) is 0. The fourth-order valence-corrected chi connectivity index (χ4v) is 2.29. The van der Waals surface area contributed by atoms with Crippen molar-refractivity contribution in [2.45, 2.75) is 0 Å². The van der Waals surface area contributed by atoms with Crippen LogP contribution >= 0.6 is 38.5 Å². The minimum atomic E-state index is 0.633. The number of ether oxygens (including phenoxy) is 1. The molecular formula is C13H12BrIN2O. The first kappa shape index (κ1) is 13.5. The molecule has 0 amide bonds. The third-order valence-electron chi connectivity index (χ3n) is 2.44. The third kappa shape index (κ3) is 3.08.